The molecule has 0 aliphatic heterocycles. The molecule has 3 heteroatoms. The number of nitrogens with zero attached hydrogens (tertiary/aromatic N) is 2. The minimum Gasteiger partial charge on any atom is -0.456 e. The van der Waals surface area contributed by atoms with Gasteiger partial charge in [-0.15, -0.1) is 0 Å². The molecule has 3 aromatic heterocycles. The Bertz CT molecular complexity index is 3340. The van der Waals surface area contributed by atoms with E-state index in [0.29, 0.717) is 0 Å². The molecule has 254 valence electrons. The lowest BCUT2D eigenvalue weighted by Gasteiger charge is -2.21. The summed E-state index contributed by atoms with van der Waals surface area (Å²) in [6.07, 6.45) is 0. The van der Waals surface area contributed by atoms with Crippen molar-refractivity contribution in [1.82, 2.24) is 9.13 Å². The summed E-state index contributed by atoms with van der Waals surface area (Å²) in [6.45, 7) is 4.73. The van der Waals surface area contributed by atoms with E-state index in [1.54, 1.807) is 0 Å². The predicted octanol–water partition coefficient (Wildman–Crippen LogP) is 13.8. The Labute approximate surface area is 311 Å². The average molecular weight is 691 g/mol. The van der Waals surface area contributed by atoms with Gasteiger partial charge in [0.2, 0.25) is 0 Å². The quantitative estimate of drug-likeness (QED) is 0.181. The molecular weight excluding hydrogens is 657 g/mol. The lowest BCUT2D eigenvalue weighted by molar-refractivity contribution is 0.661. The van der Waals surface area contributed by atoms with Gasteiger partial charge in [0, 0.05) is 55.2 Å². The molecular formula is C51H34N2O. The fraction of sp³-hybridized carbons (Fsp3) is 0.0588. The van der Waals surface area contributed by atoms with E-state index >= 15 is 0 Å². The van der Waals surface area contributed by atoms with Crippen LogP contribution in [0, 0.1) is 0 Å². The zero-order chi connectivity index (χ0) is 35.7. The fourth-order valence-corrected chi connectivity index (χ4v) is 9.61. The average Bonchev–Trinajstić information content (AvgIpc) is 3.92. The first kappa shape index (κ1) is 29.7. The topological polar surface area (TPSA) is 23.0 Å². The molecule has 0 amide bonds. The van der Waals surface area contributed by atoms with Crippen LogP contribution >= 0.6 is 0 Å². The van der Waals surface area contributed by atoms with E-state index < -0.39 is 0 Å². The number of aromatic nitrogens is 2. The first-order valence-electron chi connectivity index (χ1n) is 18.8. The van der Waals surface area contributed by atoms with Crippen molar-refractivity contribution in [3.8, 4) is 33.6 Å². The second kappa shape index (κ2) is 10.6. The van der Waals surface area contributed by atoms with Crippen molar-refractivity contribution in [3.63, 3.8) is 0 Å². The van der Waals surface area contributed by atoms with Crippen LogP contribution in [0.25, 0.3) is 99.2 Å². The van der Waals surface area contributed by atoms with Gasteiger partial charge < -0.3 is 13.6 Å². The number of hydrogen-bond donors (Lipinski definition) is 0. The smallest absolute Gasteiger partial charge is 0.137 e. The Morgan fingerprint density at radius 2 is 1.06 bits per heavy atom. The van der Waals surface area contributed by atoms with E-state index in [9.17, 15) is 0 Å². The molecule has 0 spiro atoms. The Kier molecular flexibility index (Phi) is 5.84. The number of para-hydroxylation sites is 3. The highest BCUT2D eigenvalue weighted by Crippen LogP contribution is 2.53. The molecule has 3 heterocycles. The van der Waals surface area contributed by atoms with Crippen LogP contribution < -0.4 is 0 Å². The number of furan rings is 1. The molecule has 3 nitrogen and oxygen atoms in total. The van der Waals surface area contributed by atoms with E-state index in [0.717, 1.165) is 33.1 Å². The summed E-state index contributed by atoms with van der Waals surface area (Å²) < 4.78 is 11.2. The van der Waals surface area contributed by atoms with Crippen LogP contribution in [0.4, 0.5) is 0 Å². The van der Waals surface area contributed by atoms with Crippen molar-refractivity contribution in [2.24, 2.45) is 0 Å². The van der Waals surface area contributed by atoms with Gasteiger partial charge in [-0.25, -0.2) is 0 Å². The van der Waals surface area contributed by atoms with E-state index in [-0.39, 0.29) is 5.41 Å². The Morgan fingerprint density at radius 1 is 0.407 bits per heavy atom. The molecule has 0 fully saturated rings. The zero-order valence-corrected chi connectivity index (χ0v) is 30.0. The molecule has 0 bridgehead atoms. The largest absolute Gasteiger partial charge is 0.456 e. The van der Waals surface area contributed by atoms with Gasteiger partial charge in [-0.3, -0.25) is 0 Å². The molecule has 11 aromatic rings. The Hall–Kier alpha value is -6.84. The maximum Gasteiger partial charge on any atom is 0.137 e. The first-order chi connectivity index (χ1) is 26.5. The van der Waals surface area contributed by atoms with Gasteiger partial charge >= 0.3 is 0 Å². The lowest BCUT2D eigenvalue weighted by Crippen LogP contribution is -2.14. The summed E-state index contributed by atoms with van der Waals surface area (Å²) in [7, 11) is 0. The van der Waals surface area contributed by atoms with Crippen LogP contribution in [0.3, 0.4) is 0 Å². The molecule has 0 N–H and O–H groups in total. The monoisotopic (exact) mass is 690 g/mol. The normalized spacial score (nSPS) is 13.5. The lowest BCUT2D eigenvalue weighted by atomic mass is 9.82. The summed E-state index contributed by atoms with van der Waals surface area (Å²) >= 11 is 0. The molecule has 0 unspecified atom stereocenters. The summed E-state index contributed by atoms with van der Waals surface area (Å²) in [4.78, 5) is 0. The minimum atomic E-state index is -0.0812. The third-order valence-corrected chi connectivity index (χ3v) is 12.1. The molecule has 0 radical (unpaired) electrons. The van der Waals surface area contributed by atoms with Gasteiger partial charge in [0.15, 0.2) is 0 Å². The third kappa shape index (κ3) is 3.91. The van der Waals surface area contributed by atoms with Crippen LogP contribution in [0.5, 0.6) is 0 Å². The van der Waals surface area contributed by atoms with Crippen molar-refractivity contribution in [2.45, 2.75) is 19.3 Å². The molecule has 0 atom stereocenters. The number of fused-ring (bicyclic) bond motifs is 13. The van der Waals surface area contributed by atoms with Crippen LogP contribution in [0.2, 0.25) is 0 Å². The summed E-state index contributed by atoms with van der Waals surface area (Å²) in [5, 5.41) is 7.33. The van der Waals surface area contributed by atoms with Gasteiger partial charge in [0.1, 0.15) is 11.2 Å². The zero-order valence-electron chi connectivity index (χ0n) is 30.0. The highest BCUT2D eigenvalue weighted by molar-refractivity contribution is 6.20. The second-order valence-corrected chi connectivity index (χ2v) is 15.3. The van der Waals surface area contributed by atoms with Gasteiger partial charge in [0.25, 0.3) is 0 Å². The highest BCUT2D eigenvalue weighted by atomic mass is 16.3. The van der Waals surface area contributed by atoms with E-state index in [2.05, 4.69) is 187 Å². The summed E-state index contributed by atoms with van der Waals surface area (Å²) in [6, 6.07) is 62.1. The summed E-state index contributed by atoms with van der Waals surface area (Å²) in [5.41, 5.74) is 16.7. The van der Waals surface area contributed by atoms with Crippen molar-refractivity contribution >= 4 is 65.6 Å². The van der Waals surface area contributed by atoms with Crippen molar-refractivity contribution in [2.75, 3.05) is 0 Å². The van der Waals surface area contributed by atoms with Crippen molar-refractivity contribution in [3.05, 3.63) is 181 Å². The molecule has 0 saturated heterocycles. The van der Waals surface area contributed by atoms with Crippen molar-refractivity contribution in [1.29, 1.82) is 0 Å². The Balaban J connectivity index is 1.14. The Morgan fingerprint density at radius 3 is 1.87 bits per heavy atom. The highest BCUT2D eigenvalue weighted by Gasteiger charge is 2.37. The molecule has 1 aliphatic carbocycles. The van der Waals surface area contributed by atoms with E-state index in [4.69, 9.17) is 4.42 Å². The van der Waals surface area contributed by atoms with Gasteiger partial charge in [0.05, 0.1) is 22.1 Å². The second-order valence-electron chi connectivity index (χ2n) is 15.3. The number of benzene rings is 8. The van der Waals surface area contributed by atoms with Crippen LogP contribution in [-0.4, -0.2) is 9.13 Å². The van der Waals surface area contributed by atoms with Crippen LogP contribution in [0.1, 0.15) is 25.0 Å². The molecule has 54 heavy (non-hydrogen) atoms. The molecule has 12 rings (SSSR count). The van der Waals surface area contributed by atoms with E-state index in [1.165, 1.54) is 77.2 Å². The van der Waals surface area contributed by atoms with Gasteiger partial charge in [-0.1, -0.05) is 117 Å². The third-order valence-electron chi connectivity index (χ3n) is 12.1. The van der Waals surface area contributed by atoms with E-state index in [1.807, 2.05) is 6.07 Å². The van der Waals surface area contributed by atoms with Crippen molar-refractivity contribution < 1.29 is 4.42 Å². The molecule has 8 aromatic carbocycles. The maximum absolute atomic E-state index is 6.40. The van der Waals surface area contributed by atoms with Crippen LogP contribution in [0.15, 0.2) is 174 Å². The van der Waals surface area contributed by atoms with Gasteiger partial charge in [-0.05, 0) is 94.0 Å². The number of hydrogen-bond acceptors (Lipinski definition) is 1. The predicted molar refractivity (Wildman–Crippen MR) is 225 cm³/mol. The maximum atomic E-state index is 6.40. The standard InChI is InChI=1S/C51H34N2O/c1-51(2)41-19-11-9-18-37(41)49-42(51)24-26-44-50(49)40-27-31(22-25-43(40)52(44)33-13-5-3-6-14-33)32-21-23-35-38-29-39-36-17-10-12-20-47(36)54-48(39)30-46(38)53(45(35)28-32)34-15-7-4-8-16-34/h3-30H,1-2H3. The minimum absolute atomic E-state index is 0.0812. The SMILES string of the molecule is CC1(C)c2ccccc2-c2c1ccc1c2c2cc(-c3ccc4c5cc6c(cc5n(-c5ccccc5)c4c3)oc3ccccc36)ccc2n1-c1ccccc1. The fourth-order valence-electron chi connectivity index (χ4n) is 9.61. The number of rotatable bonds is 3. The molecule has 0 saturated carbocycles. The molecule has 1 aliphatic rings. The van der Waals surface area contributed by atoms with Gasteiger partial charge in [-0.2, -0.15) is 0 Å². The van der Waals surface area contributed by atoms with Crippen LogP contribution in [-0.2, 0) is 5.41 Å². The summed E-state index contributed by atoms with van der Waals surface area (Å²) in [5.74, 6) is 0. The first-order valence-corrected chi connectivity index (χ1v) is 18.8.